The Hall–Kier alpha value is -0.890. The summed E-state index contributed by atoms with van der Waals surface area (Å²) in [5.41, 5.74) is 1.94. The zero-order valence-electron chi connectivity index (χ0n) is 8.16. The Bertz CT molecular complexity index is 327. The standard InChI is InChI=1S/C12H13BrO/c1-3-9(2)10-4-6-11(7-5-10)12(14)8-13/h3-7,9H,1,8H2,2H3. The first kappa shape index (κ1) is 11.2. The van der Waals surface area contributed by atoms with Gasteiger partial charge in [-0.3, -0.25) is 4.79 Å². The number of benzene rings is 1. The number of carbonyl (C=O) groups excluding carboxylic acids is 1. The molecule has 0 saturated carbocycles. The van der Waals surface area contributed by atoms with Crippen molar-refractivity contribution in [3.05, 3.63) is 48.0 Å². The summed E-state index contributed by atoms with van der Waals surface area (Å²) in [6.07, 6.45) is 1.89. The Morgan fingerprint density at radius 2 is 2.07 bits per heavy atom. The molecule has 0 aliphatic carbocycles. The number of carbonyl (C=O) groups is 1. The van der Waals surface area contributed by atoms with E-state index in [1.807, 2.05) is 30.3 Å². The smallest absolute Gasteiger partial charge is 0.173 e. The Labute approximate surface area is 93.0 Å². The van der Waals surface area contributed by atoms with Gasteiger partial charge in [0.1, 0.15) is 0 Å². The van der Waals surface area contributed by atoms with Gasteiger partial charge in [0.25, 0.3) is 0 Å². The minimum absolute atomic E-state index is 0.114. The van der Waals surface area contributed by atoms with Gasteiger partial charge in [-0.05, 0) is 11.5 Å². The normalized spacial score (nSPS) is 12.1. The van der Waals surface area contributed by atoms with Crippen LogP contribution in [0.2, 0.25) is 0 Å². The lowest BCUT2D eigenvalue weighted by Gasteiger charge is -2.06. The Morgan fingerprint density at radius 3 is 2.50 bits per heavy atom. The predicted molar refractivity (Wildman–Crippen MR) is 63.2 cm³/mol. The zero-order valence-corrected chi connectivity index (χ0v) is 9.75. The molecule has 1 unspecified atom stereocenters. The summed E-state index contributed by atoms with van der Waals surface area (Å²) < 4.78 is 0. The van der Waals surface area contributed by atoms with Crippen molar-refractivity contribution < 1.29 is 4.79 Å². The lowest BCUT2D eigenvalue weighted by Crippen LogP contribution is -2.00. The molecule has 0 spiro atoms. The van der Waals surface area contributed by atoms with E-state index in [1.165, 1.54) is 5.56 Å². The minimum Gasteiger partial charge on any atom is -0.293 e. The zero-order chi connectivity index (χ0) is 10.6. The van der Waals surface area contributed by atoms with Crippen LogP contribution >= 0.6 is 15.9 Å². The highest BCUT2D eigenvalue weighted by Gasteiger charge is 2.04. The van der Waals surface area contributed by atoms with Crippen LogP contribution in [0, 0.1) is 0 Å². The summed E-state index contributed by atoms with van der Waals surface area (Å²) >= 11 is 3.15. The fourth-order valence-corrected chi connectivity index (χ4v) is 1.51. The topological polar surface area (TPSA) is 17.1 Å². The lowest BCUT2D eigenvalue weighted by atomic mass is 9.99. The second-order valence-corrected chi connectivity index (χ2v) is 3.76. The van der Waals surface area contributed by atoms with Crippen LogP contribution in [-0.4, -0.2) is 11.1 Å². The van der Waals surface area contributed by atoms with Gasteiger partial charge in [0.05, 0.1) is 5.33 Å². The SMILES string of the molecule is C=CC(C)c1ccc(C(=O)CBr)cc1. The number of ketones is 1. The van der Waals surface area contributed by atoms with E-state index in [0.29, 0.717) is 11.2 Å². The molecule has 0 aliphatic heterocycles. The molecule has 0 aliphatic rings. The summed E-state index contributed by atoms with van der Waals surface area (Å²) in [6, 6.07) is 7.67. The number of Topliss-reactive ketones (excluding diaryl/α,β-unsaturated/α-hetero) is 1. The highest BCUT2D eigenvalue weighted by atomic mass is 79.9. The molecule has 2 heteroatoms. The highest BCUT2D eigenvalue weighted by molar-refractivity contribution is 9.09. The molecule has 1 aromatic carbocycles. The summed E-state index contributed by atoms with van der Waals surface area (Å²) in [7, 11) is 0. The fraction of sp³-hybridized carbons (Fsp3) is 0.250. The molecule has 0 saturated heterocycles. The van der Waals surface area contributed by atoms with Crippen LogP contribution in [0.3, 0.4) is 0 Å². The maximum atomic E-state index is 11.3. The predicted octanol–water partition coefficient (Wildman–Crippen LogP) is 3.55. The van der Waals surface area contributed by atoms with Crippen molar-refractivity contribution in [1.29, 1.82) is 0 Å². The average Bonchev–Trinajstić information content (AvgIpc) is 2.27. The molecular weight excluding hydrogens is 240 g/mol. The van der Waals surface area contributed by atoms with Gasteiger partial charge in [0, 0.05) is 5.56 Å². The number of allylic oxidation sites excluding steroid dienone is 1. The molecule has 14 heavy (non-hydrogen) atoms. The maximum absolute atomic E-state index is 11.3. The third-order valence-corrected chi connectivity index (χ3v) is 2.74. The van der Waals surface area contributed by atoms with E-state index < -0.39 is 0 Å². The number of halogens is 1. The van der Waals surface area contributed by atoms with Crippen LogP contribution < -0.4 is 0 Å². The second kappa shape index (κ2) is 5.11. The third kappa shape index (κ3) is 2.55. The van der Waals surface area contributed by atoms with Gasteiger partial charge in [0.15, 0.2) is 5.78 Å². The van der Waals surface area contributed by atoms with Crippen molar-refractivity contribution in [3.63, 3.8) is 0 Å². The van der Waals surface area contributed by atoms with Gasteiger partial charge >= 0.3 is 0 Å². The number of alkyl halides is 1. The third-order valence-electron chi connectivity index (χ3n) is 2.23. The van der Waals surface area contributed by atoms with Crippen molar-refractivity contribution in [2.75, 3.05) is 5.33 Å². The Balaban J connectivity index is 2.88. The van der Waals surface area contributed by atoms with Gasteiger partial charge in [-0.1, -0.05) is 53.2 Å². The van der Waals surface area contributed by atoms with Crippen molar-refractivity contribution >= 4 is 21.7 Å². The van der Waals surface area contributed by atoms with Crippen molar-refractivity contribution in [3.8, 4) is 0 Å². The van der Waals surface area contributed by atoms with Crippen molar-refractivity contribution in [1.82, 2.24) is 0 Å². The molecule has 1 nitrogen and oxygen atoms in total. The van der Waals surface area contributed by atoms with Gasteiger partial charge in [-0.25, -0.2) is 0 Å². The Kier molecular flexibility index (Phi) is 4.08. The van der Waals surface area contributed by atoms with E-state index in [4.69, 9.17) is 0 Å². The van der Waals surface area contributed by atoms with E-state index in [2.05, 4.69) is 29.4 Å². The minimum atomic E-state index is 0.114. The molecule has 0 N–H and O–H groups in total. The molecular formula is C12H13BrO. The number of hydrogen-bond donors (Lipinski definition) is 0. The number of rotatable bonds is 4. The molecule has 0 heterocycles. The van der Waals surface area contributed by atoms with Crippen molar-refractivity contribution in [2.45, 2.75) is 12.8 Å². The first-order valence-electron chi connectivity index (χ1n) is 4.50. The van der Waals surface area contributed by atoms with E-state index in [-0.39, 0.29) is 5.78 Å². The molecule has 1 aromatic rings. The second-order valence-electron chi connectivity index (χ2n) is 3.20. The fourth-order valence-electron chi connectivity index (χ4n) is 1.19. The van der Waals surface area contributed by atoms with Gasteiger partial charge in [0.2, 0.25) is 0 Å². The summed E-state index contributed by atoms with van der Waals surface area (Å²) in [5, 5.41) is 0.378. The quantitative estimate of drug-likeness (QED) is 0.455. The molecule has 1 rings (SSSR count). The average molecular weight is 253 g/mol. The molecule has 0 aromatic heterocycles. The van der Waals surface area contributed by atoms with Crippen LogP contribution in [0.5, 0.6) is 0 Å². The molecule has 0 bridgehead atoms. The van der Waals surface area contributed by atoms with Gasteiger partial charge in [-0.15, -0.1) is 6.58 Å². The van der Waals surface area contributed by atoms with E-state index >= 15 is 0 Å². The maximum Gasteiger partial charge on any atom is 0.173 e. The largest absolute Gasteiger partial charge is 0.293 e. The van der Waals surface area contributed by atoms with E-state index in [0.717, 1.165) is 5.56 Å². The van der Waals surface area contributed by atoms with Crippen LogP contribution in [0.1, 0.15) is 28.8 Å². The molecule has 0 amide bonds. The van der Waals surface area contributed by atoms with Crippen LogP contribution in [0.15, 0.2) is 36.9 Å². The molecule has 0 radical (unpaired) electrons. The van der Waals surface area contributed by atoms with E-state index in [9.17, 15) is 4.79 Å². The summed E-state index contributed by atoms with van der Waals surface area (Å²) in [5.74, 6) is 0.450. The number of hydrogen-bond acceptors (Lipinski definition) is 1. The van der Waals surface area contributed by atoms with Gasteiger partial charge < -0.3 is 0 Å². The summed E-state index contributed by atoms with van der Waals surface area (Å²) in [6.45, 7) is 5.81. The molecule has 0 fully saturated rings. The molecule has 1 atom stereocenters. The van der Waals surface area contributed by atoms with E-state index in [1.54, 1.807) is 0 Å². The Morgan fingerprint density at radius 1 is 1.50 bits per heavy atom. The van der Waals surface area contributed by atoms with Crippen LogP contribution in [-0.2, 0) is 0 Å². The molecule has 74 valence electrons. The monoisotopic (exact) mass is 252 g/mol. The van der Waals surface area contributed by atoms with Gasteiger partial charge in [-0.2, -0.15) is 0 Å². The van der Waals surface area contributed by atoms with Crippen molar-refractivity contribution in [2.24, 2.45) is 0 Å². The first-order valence-corrected chi connectivity index (χ1v) is 5.63. The van der Waals surface area contributed by atoms with Crippen LogP contribution in [0.25, 0.3) is 0 Å². The lowest BCUT2D eigenvalue weighted by molar-refractivity contribution is 0.102. The summed E-state index contributed by atoms with van der Waals surface area (Å²) in [4.78, 5) is 11.3. The van der Waals surface area contributed by atoms with Crippen LogP contribution in [0.4, 0.5) is 0 Å². The first-order chi connectivity index (χ1) is 6.69. The highest BCUT2D eigenvalue weighted by Crippen LogP contribution is 2.16.